The first-order valence-electron chi connectivity index (χ1n) is 7.75. The highest BCUT2D eigenvalue weighted by molar-refractivity contribution is 6.06. The molecule has 4 heteroatoms. The third-order valence-corrected chi connectivity index (χ3v) is 3.77. The molecule has 4 nitrogen and oxygen atoms in total. The molecule has 24 heavy (non-hydrogen) atoms. The van der Waals surface area contributed by atoms with Gasteiger partial charge >= 0.3 is 0 Å². The van der Waals surface area contributed by atoms with E-state index in [-0.39, 0.29) is 5.91 Å². The summed E-state index contributed by atoms with van der Waals surface area (Å²) in [4.78, 5) is 18.5. The minimum Gasteiger partial charge on any atom is -0.354 e. The lowest BCUT2D eigenvalue weighted by Gasteiger charge is -2.17. The quantitative estimate of drug-likeness (QED) is 0.775. The Labute approximate surface area is 141 Å². The van der Waals surface area contributed by atoms with Crippen molar-refractivity contribution < 1.29 is 4.79 Å². The normalized spacial score (nSPS) is 10.2. The number of pyridine rings is 1. The van der Waals surface area contributed by atoms with Gasteiger partial charge in [-0.2, -0.15) is 0 Å². The number of aryl methyl sites for hydroxylation is 1. The van der Waals surface area contributed by atoms with Gasteiger partial charge in [0.1, 0.15) is 0 Å². The van der Waals surface area contributed by atoms with E-state index in [1.165, 1.54) is 5.56 Å². The molecule has 0 fully saturated rings. The van der Waals surface area contributed by atoms with Crippen molar-refractivity contribution in [1.29, 1.82) is 0 Å². The molecule has 2 aromatic carbocycles. The number of carbonyl (C=O) groups excluding carboxylic acids is 1. The Balaban J connectivity index is 1.79. The fraction of sp³-hybridized carbons (Fsp3) is 0.100. The van der Waals surface area contributed by atoms with Crippen molar-refractivity contribution in [3.8, 4) is 0 Å². The summed E-state index contributed by atoms with van der Waals surface area (Å²) in [5.74, 6) is -0.0961. The Morgan fingerprint density at radius 2 is 1.67 bits per heavy atom. The number of benzene rings is 2. The van der Waals surface area contributed by atoms with Crippen LogP contribution in [0.3, 0.4) is 0 Å². The Bertz CT molecular complexity index is 829. The van der Waals surface area contributed by atoms with Crippen molar-refractivity contribution in [2.45, 2.75) is 6.92 Å². The van der Waals surface area contributed by atoms with Crippen LogP contribution in [0.15, 0.2) is 73.1 Å². The van der Waals surface area contributed by atoms with Crippen molar-refractivity contribution in [3.05, 3.63) is 84.2 Å². The molecule has 0 radical (unpaired) electrons. The highest BCUT2D eigenvalue weighted by atomic mass is 16.2. The second-order valence-corrected chi connectivity index (χ2v) is 5.65. The average Bonchev–Trinajstić information content (AvgIpc) is 2.63. The highest BCUT2D eigenvalue weighted by Gasteiger charge is 2.14. The van der Waals surface area contributed by atoms with Crippen LogP contribution in [0.4, 0.5) is 17.1 Å². The van der Waals surface area contributed by atoms with Crippen LogP contribution in [0.1, 0.15) is 15.9 Å². The summed E-state index contributed by atoms with van der Waals surface area (Å²) in [5.41, 5.74) is 4.33. The molecule has 120 valence electrons. The molecule has 0 aliphatic rings. The van der Waals surface area contributed by atoms with E-state index in [9.17, 15) is 4.79 Å². The van der Waals surface area contributed by atoms with Gasteiger partial charge in [0.25, 0.3) is 5.91 Å². The van der Waals surface area contributed by atoms with E-state index in [1.807, 2.05) is 67.6 Å². The van der Waals surface area contributed by atoms with E-state index in [0.29, 0.717) is 5.56 Å². The SMILES string of the molecule is Cc1ccc(Nc2cncc(C(=O)N(C)c3ccccc3)c2)cc1. The van der Waals surface area contributed by atoms with Crippen molar-refractivity contribution in [1.82, 2.24) is 4.98 Å². The van der Waals surface area contributed by atoms with Crippen LogP contribution < -0.4 is 10.2 Å². The first kappa shape index (κ1) is 15.7. The maximum atomic E-state index is 12.7. The zero-order chi connectivity index (χ0) is 16.9. The zero-order valence-electron chi connectivity index (χ0n) is 13.7. The Hall–Kier alpha value is -3.14. The smallest absolute Gasteiger partial charge is 0.259 e. The summed E-state index contributed by atoms with van der Waals surface area (Å²) in [6.07, 6.45) is 3.29. The fourth-order valence-electron chi connectivity index (χ4n) is 2.39. The third-order valence-electron chi connectivity index (χ3n) is 3.77. The Morgan fingerprint density at radius 3 is 2.38 bits per heavy atom. The number of para-hydroxylation sites is 1. The molecule has 0 aliphatic carbocycles. The lowest BCUT2D eigenvalue weighted by Crippen LogP contribution is -2.26. The molecule has 0 spiro atoms. The van der Waals surface area contributed by atoms with Crippen LogP contribution in [-0.2, 0) is 0 Å². The molecule has 0 atom stereocenters. The number of hydrogen-bond donors (Lipinski definition) is 1. The lowest BCUT2D eigenvalue weighted by molar-refractivity contribution is 0.0992. The zero-order valence-corrected chi connectivity index (χ0v) is 13.7. The molecule has 1 heterocycles. The van der Waals surface area contributed by atoms with Crippen LogP contribution >= 0.6 is 0 Å². The van der Waals surface area contributed by atoms with E-state index in [2.05, 4.69) is 10.3 Å². The molecule has 0 saturated carbocycles. The van der Waals surface area contributed by atoms with Gasteiger partial charge in [0.2, 0.25) is 0 Å². The number of rotatable bonds is 4. The summed E-state index contributed by atoms with van der Waals surface area (Å²) in [5, 5.41) is 3.27. The number of hydrogen-bond acceptors (Lipinski definition) is 3. The largest absolute Gasteiger partial charge is 0.354 e. The van der Waals surface area contributed by atoms with Crippen LogP contribution in [-0.4, -0.2) is 17.9 Å². The number of carbonyl (C=O) groups is 1. The van der Waals surface area contributed by atoms with Gasteiger partial charge in [-0.05, 0) is 37.3 Å². The Kier molecular flexibility index (Phi) is 4.57. The molecule has 0 saturated heterocycles. The van der Waals surface area contributed by atoms with E-state index < -0.39 is 0 Å². The molecule has 3 aromatic rings. The van der Waals surface area contributed by atoms with Gasteiger partial charge in [-0.25, -0.2) is 0 Å². The van der Waals surface area contributed by atoms with E-state index >= 15 is 0 Å². The van der Waals surface area contributed by atoms with Crippen LogP contribution in [0.5, 0.6) is 0 Å². The molecule has 1 amide bonds. The second kappa shape index (κ2) is 6.96. The summed E-state index contributed by atoms with van der Waals surface area (Å²) in [7, 11) is 1.76. The average molecular weight is 317 g/mol. The van der Waals surface area contributed by atoms with Gasteiger partial charge in [-0.3, -0.25) is 9.78 Å². The molecular weight excluding hydrogens is 298 g/mol. The van der Waals surface area contributed by atoms with Gasteiger partial charge in [0, 0.05) is 24.6 Å². The van der Waals surface area contributed by atoms with Crippen molar-refractivity contribution >= 4 is 23.0 Å². The second-order valence-electron chi connectivity index (χ2n) is 5.65. The van der Waals surface area contributed by atoms with E-state index in [4.69, 9.17) is 0 Å². The van der Waals surface area contributed by atoms with Crippen molar-refractivity contribution in [3.63, 3.8) is 0 Å². The minimum absolute atomic E-state index is 0.0961. The molecule has 1 aromatic heterocycles. The van der Waals surface area contributed by atoms with Gasteiger partial charge in [0.05, 0.1) is 17.4 Å². The number of aromatic nitrogens is 1. The monoisotopic (exact) mass is 317 g/mol. The third kappa shape index (κ3) is 3.60. The predicted molar refractivity (Wildman–Crippen MR) is 97.9 cm³/mol. The minimum atomic E-state index is -0.0961. The van der Waals surface area contributed by atoms with Gasteiger partial charge < -0.3 is 10.2 Å². The molecular formula is C20H19N3O. The van der Waals surface area contributed by atoms with E-state index in [0.717, 1.165) is 17.1 Å². The van der Waals surface area contributed by atoms with Gasteiger partial charge in [-0.1, -0.05) is 35.9 Å². The van der Waals surface area contributed by atoms with Crippen molar-refractivity contribution in [2.24, 2.45) is 0 Å². The summed E-state index contributed by atoms with van der Waals surface area (Å²) in [6, 6.07) is 19.4. The topological polar surface area (TPSA) is 45.2 Å². The van der Waals surface area contributed by atoms with E-state index in [1.54, 1.807) is 24.3 Å². The molecule has 0 bridgehead atoms. The van der Waals surface area contributed by atoms with Crippen LogP contribution in [0.2, 0.25) is 0 Å². The number of nitrogens with one attached hydrogen (secondary N) is 1. The first-order chi connectivity index (χ1) is 11.6. The van der Waals surface area contributed by atoms with Gasteiger partial charge in [-0.15, -0.1) is 0 Å². The standard InChI is InChI=1S/C20H19N3O/c1-15-8-10-17(11-9-15)22-18-12-16(13-21-14-18)20(24)23(2)19-6-4-3-5-7-19/h3-14,22H,1-2H3. The predicted octanol–water partition coefficient (Wildman–Crippen LogP) is 4.41. The molecule has 1 N–H and O–H groups in total. The number of anilines is 3. The molecule has 0 unspecified atom stereocenters. The lowest BCUT2D eigenvalue weighted by atomic mass is 10.2. The Morgan fingerprint density at radius 1 is 0.958 bits per heavy atom. The molecule has 0 aliphatic heterocycles. The van der Waals surface area contributed by atoms with Gasteiger partial charge in [0.15, 0.2) is 0 Å². The number of amides is 1. The number of nitrogens with zero attached hydrogens (tertiary/aromatic N) is 2. The summed E-state index contributed by atoms with van der Waals surface area (Å²) >= 11 is 0. The highest BCUT2D eigenvalue weighted by Crippen LogP contribution is 2.19. The fourth-order valence-corrected chi connectivity index (χ4v) is 2.39. The summed E-state index contributed by atoms with van der Waals surface area (Å²) < 4.78 is 0. The molecule has 3 rings (SSSR count). The van der Waals surface area contributed by atoms with Crippen LogP contribution in [0, 0.1) is 6.92 Å². The maximum absolute atomic E-state index is 12.7. The van der Waals surface area contributed by atoms with Crippen LogP contribution in [0.25, 0.3) is 0 Å². The summed E-state index contributed by atoms with van der Waals surface area (Å²) in [6.45, 7) is 2.05. The van der Waals surface area contributed by atoms with Crippen molar-refractivity contribution in [2.75, 3.05) is 17.3 Å². The first-order valence-corrected chi connectivity index (χ1v) is 7.75. The maximum Gasteiger partial charge on any atom is 0.259 e.